The monoisotopic (exact) mass is 950 g/mol. The van der Waals surface area contributed by atoms with E-state index in [-0.39, 0.29) is 28.0 Å². The van der Waals surface area contributed by atoms with Crippen LogP contribution in [0.25, 0.3) is 11.1 Å². The maximum Gasteiger partial charge on any atom is 0.397 e. The number of aromatic hydroxyl groups is 3. The fraction of sp³-hybridized carbons (Fsp3) is 0.463. The van der Waals surface area contributed by atoms with Crippen molar-refractivity contribution < 1.29 is 106 Å². The lowest BCUT2D eigenvalue weighted by Gasteiger charge is -2.48. The zero-order chi connectivity index (χ0) is 48.6. The van der Waals surface area contributed by atoms with Crippen molar-refractivity contribution in [3.8, 4) is 34.1 Å². The Balaban J connectivity index is 1.34. The molecule has 12 N–H and O–H groups in total. The Kier molecular flexibility index (Phi) is 13.3. The van der Waals surface area contributed by atoms with Crippen molar-refractivity contribution in [3.05, 3.63) is 68.8 Å². The number of aliphatic hydroxyl groups excluding tert-OH is 5. The molecule has 2 heterocycles. The minimum Gasteiger partial charge on any atom is -0.507 e. The first-order valence-electron chi connectivity index (χ1n) is 20.0. The number of aliphatic hydroxyl groups is 5. The van der Waals surface area contributed by atoms with Crippen LogP contribution in [0.4, 0.5) is 0 Å². The summed E-state index contributed by atoms with van der Waals surface area (Å²) in [4.78, 5) is 53.5. The molecule has 2 aliphatic heterocycles. The normalized spacial score (nSPS) is 29.8. The predicted molar refractivity (Wildman–Crippen MR) is 217 cm³/mol. The highest BCUT2D eigenvalue weighted by Crippen LogP contribution is 2.57. The van der Waals surface area contributed by atoms with Gasteiger partial charge in [0, 0.05) is 28.3 Å². The highest BCUT2D eigenvalue weighted by atomic mass is 32.3. The third-order valence-electron chi connectivity index (χ3n) is 12.0. The number of rotatable bonds is 12. The SMILES string of the molecule is CN[C@H]1[C@@H](O[C@H]2O[C@@H](CO)[C@@H](O)[C@@H](OS(=O)(=O)O)[C@@H]2O)[C@H](O)[C@H](O[C@@H]2c3cc(C)c(C(=O)N[C@H](C)C(=O)O)c(O)c3-c3c(cc4c(c3O)C(=O)c3cc(OC)cc(O)c3C4=O)[C@@H]2O)O[C@H]1C. The molecule has 7 rings (SSSR count). The summed E-state index contributed by atoms with van der Waals surface area (Å²) in [5.41, 5.74) is -4.00. The minimum atomic E-state index is -5.31. The summed E-state index contributed by atoms with van der Waals surface area (Å²) >= 11 is 0. The molecule has 2 fully saturated rings. The molecule has 0 saturated carbocycles. The Bertz CT molecular complexity index is 2600. The summed E-state index contributed by atoms with van der Waals surface area (Å²) in [5, 5.41) is 105. The van der Waals surface area contributed by atoms with E-state index in [0.29, 0.717) is 0 Å². The number of carbonyl (C=O) groups is 4. The number of nitrogens with one attached hydrogen (secondary N) is 2. The molecule has 358 valence electrons. The van der Waals surface area contributed by atoms with Crippen LogP contribution in [0, 0.1) is 6.92 Å². The van der Waals surface area contributed by atoms with Gasteiger partial charge in [0.2, 0.25) is 0 Å². The van der Waals surface area contributed by atoms with Gasteiger partial charge < -0.3 is 80.3 Å². The van der Waals surface area contributed by atoms with E-state index < -0.39 is 171 Å². The van der Waals surface area contributed by atoms with Gasteiger partial charge >= 0.3 is 16.4 Å². The van der Waals surface area contributed by atoms with Gasteiger partial charge in [-0.1, -0.05) is 6.07 Å². The number of amides is 1. The van der Waals surface area contributed by atoms with Gasteiger partial charge in [0.1, 0.15) is 77.9 Å². The van der Waals surface area contributed by atoms with Crippen molar-refractivity contribution in [2.24, 2.45) is 0 Å². The fourth-order valence-corrected chi connectivity index (χ4v) is 9.33. The smallest absolute Gasteiger partial charge is 0.397 e. The topological polar surface area (TPSA) is 384 Å². The van der Waals surface area contributed by atoms with Crippen LogP contribution in [0.1, 0.15) is 84.9 Å². The second-order valence-electron chi connectivity index (χ2n) is 16.1. The standard InChI is InChI=1S/C41H46N2O22S/c1-11-6-18-24(31(50)21(11)38(54)43-12(2)39(55)56)23-16(9-17-25(32(23)51)28(47)15-7-14(60-5)8-19(45)22(15)27(17)46)29(48)35(18)63-40-33(52)36(26(42-4)13(3)61-40)64-41-34(53)37(65-66(57,58)59)30(49)20(10-44)62-41/h6-9,12-13,20,26,29-30,33-37,40-42,44-45,48-53H,10H2,1-5H3,(H,43,54)(H,55,56)(H,57,58,59)/t12-,13+,20+,26-,29+,30-,33+,34+,35-,36-,37-,40+,41-/m1/s1. The average Bonchev–Trinajstić information content (AvgIpc) is 3.24. The van der Waals surface area contributed by atoms with Crippen LogP contribution in [-0.2, 0) is 38.3 Å². The summed E-state index contributed by atoms with van der Waals surface area (Å²) in [7, 11) is -2.64. The molecule has 3 aromatic carbocycles. The summed E-state index contributed by atoms with van der Waals surface area (Å²) < 4.78 is 66.0. The number of carboxylic acids is 1. The van der Waals surface area contributed by atoms with Gasteiger partial charge in [0.15, 0.2) is 24.1 Å². The van der Waals surface area contributed by atoms with Crippen molar-refractivity contribution in [1.29, 1.82) is 0 Å². The number of aliphatic carboxylic acids is 1. The quantitative estimate of drug-likeness (QED) is 0.0725. The van der Waals surface area contributed by atoms with Crippen molar-refractivity contribution in [1.82, 2.24) is 10.6 Å². The molecule has 3 aromatic rings. The number of benzene rings is 3. The van der Waals surface area contributed by atoms with E-state index in [4.69, 9.17) is 23.7 Å². The van der Waals surface area contributed by atoms with Crippen LogP contribution in [0.3, 0.4) is 0 Å². The number of phenolic OH excluding ortho intramolecular Hbond substituents is 3. The van der Waals surface area contributed by atoms with Crippen molar-refractivity contribution >= 4 is 33.8 Å². The van der Waals surface area contributed by atoms with E-state index in [1.807, 2.05) is 0 Å². The lowest BCUT2D eigenvalue weighted by atomic mass is 9.74. The number of ketones is 2. The van der Waals surface area contributed by atoms with Gasteiger partial charge in [-0.3, -0.25) is 23.7 Å². The van der Waals surface area contributed by atoms with E-state index in [1.54, 1.807) is 0 Å². The van der Waals surface area contributed by atoms with Gasteiger partial charge in [-0.2, -0.15) is 8.42 Å². The Morgan fingerprint density at radius 2 is 1.44 bits per heavy atom. The molecule has 4 aliphatic rings. The first-order chi connectivity index (χ1) is 30.9. The molecule has 25 heteroatoms. The fourth-order valence-electron chi connectivity index (χ4n) is 8.82. The Morgan fingerprint density at radius 1 is 0.833 bits per heavy atom. The zero-order valence-corrected chi connectivity index (χ0v) is 36.1. The maximum absolute atomic E-state index is 14.1. The zero-order valence-electron chi connectivity index (χ0n) is 35.3. The maximum atomic E-state index is 14.1. The minimum absolute atomic E-state index is 0.0190. The molecular weight excluding hydrogens is 905 g/mol. The van der Waals surface area contributed by atoms with Crippen LogP contribution in [0.15, 0.2) is 24.3 Å². The molecule has 0 aromatic heterocycles. The molecule has 0 unspecified atom stereocenters. The summed E-state index contributed by atoms with van der Waals surface area (Å²) in [5.74, 6) is -7.03. The van der Waals surface area contributed by atoms with Crippen LogP contribution in [-0.4, -0.2) is 171 Å². The first kappa shape index (κ1) is 48.5. The van der Waals surface area contributed by atoms with E-state index in [2.05, 4.69) is 14.8 Å². The molecule has 0 bridgehead atoms. The van der Waals surface area contributed by atoms with E-state index in [0.717, 1.165) is 25.1 Å². The second kappa shape index (κ2) is 18.0. The number of ether oxygens (including phenoxy) is 5. The van der Waals surface area contributed by atoms with E-state index in [1.165, 1.54) is 34.1 Å². The Morgan fingerprint density at radius 3 is 2.05 bits per heavy atom. The Hall–Kier alpha value is -5.39. The lowest BCUT2D eigenvalue weighted by Crippen LogP contribution is -2.66. The van der Waals surface area contributed by atoms with Gasteiger partial charge in [0.05, 0.1) is 42.6 Å². The van der Waals surface area contributed by atoms with Crippen LogP contribution < -0.4 is 15.4 Å². The number of hydrogen-bond acceptors (Lipinski definition) is 21. The number of likely N-dealkylation sites (N-methyl/N-ethyl adjacent to an activating group) is 1. The molecule has 1 amide bonds. The van der Waals surface area contributed by atoms with Crippen molar-refractivity contribution in [3.63, 3.8) is 0 Å². The molecule has 66 heavy (non-hydrogen) atoms. The average molecular weight is 951 g/mol. The summed E-state index contributed by atoms with van der Waals surface area (Å²) in [6, 6.07) is 1.99. The number of carbonyl (C=O) groups excluding carboxylic acids is 3. The lowest BCUT2D eigenvalue weighted by molar-refractivity contribution is -0.349. The first-order valence-corrected chi connectivity index (χ1v) is 21.4. The van der Waals surface area contributed by atoms with Crippen LogP contribution in [0.5, 0.6) is 23.0 Å². The number of carboxylic acid groups (broad SMARTS) is 1. The van der Waals surface area contributed by atoms with Crippen molar-refractivity contribution in [2.45, 2.75) is 100 Å². The van der Waals surface area contributed by atoms with Gasteiger partial charge in [-0.05, 0) is 56.6 Å². The van der Waals surface area contributed by atoms with Crippen LogP contribution in [0.2, 0.25) is 0 Å². The molecule has 2 saturated heterocycles. The number of aryl methyl sites for hydroxylation is 1. The van der Waals surface area contributed by atoms with Crippen LogP contribution >= 0.6 is 0 Å². The highest BCUT2D eigenvalue weighted by Gasteiger charge is 2.53. The second-order valence-corrected chi connectivity index (χ2v) is 17.1. The molecular formula is C41H46N2O22S. The molecule has 2 aliphatic carbocycles. The third kappa shape index (κ3) is 8.24. The van der Waals surface area contributed by atoms with E-state index >= 15 is 0 Å². The summed E-state index contributed by atoms with van der Waals surface area (Å²) in [6.45, 7) is 3.00. The van der Waals surface area contributed by atoms with Gasteiger partial charge in [-0.15, -0.1) is 0 Å². The number of methoxy groups -OCH3 is 1. The van der Waals surface area contributed by atoms with Crippen molar-refractivity contribution in [2.75, 3.05) is 20.8 Å². The number of fused-ring (bicyclic) bond motifs is 5. The highest BCUT2D eigenvalue weighted by molar-refractivity contribution is 7.80. The number of phenols is 3. The summed E-state index contributed by atoms with van der Waals surface area (Å²) in [6.07, 6.45) is -20.3. The van der Waals surface area contributed by atoms with Gasteiger partial charge in [0.25, 0.3) is 5.91 Å². The molecule has 24 nitrogen and oxygen atoms in total. The third-order valence-corrected chi connectivity index (χ3v) is 12.5. The number of hydrogen-bond donors (Lipinski definition) is 12. The predicted octanol–water partition coefficient (Wildman–Crippen LogP) is -1.42. The largest absolute Gasteiger partial charge is 0.507 e. The Labute approximate surface area is 373 Å². The van der Waals surface area contributed by atoms with Gasteiger partial charge in [-0.25, -0.2) is 4.18 Å². The van der Waals surface area contributed by atoms with E-state index in [9.17, 15) is 78.1 Å². The molecule has 0 radical (unpaired) electrons. The molecule has 13 atom stereocenters. The molecule has 0 spiro atoms.